The maximum absolute atomic E-state index is 12.9. The minimum absolute atomic E-state index is 0.0778. The summed E-state index contributed by atoms with van der Waals surface area (Å²) in [7, 11) is 0. The van der Waals surface area contributed by atoms with E-state index in [-0.39, 0.29) is 5.91 Å². The van der Waals surface area contributed by atoms with Crippen LogP contribution in [0.4, 0.5) is 5.69 Å². The van der Waals surface area contributed by atoms with Crippen molar-refractivity contribution in [3.8, 4) is 5.82 Å². The molecule has 1 fully saturated rings. The highest BCUT2D eigenvalue weighted by atomic mass is 16.2. The van der Waals surface area contributed by atoms with Gasteiger partial charge in [0, 0.05) is 43.3 Å². The van der Waals surface area contributed by atoms with E-state index >= 15 is 0 Å². The van der Waals surface area contributed by atoms with Crippen molar-refractivity contribution in [3.63, 3.8) is 0 Å². The molecular formula is C16H19N9O. The molecule has 0 atom stereocenters. The molecule has 4 heterocycles. The monoisotopic (exact) mass is 353 g/mol. The molecule has 1 aliphatic rings. The second kappa shape index (κ2) is 6.54. The molecule has 0 spiro atoms. The third kappa shape index (κ3) is 3.01. The number of piperazine rings is 1. The molecule has 0 aromatic carbocycles. The summed E-state index contributed by atoms with van der Waals surface area (Å²) in [4.78, 5) is 21.4. The number of pyridine rings is 1. The number of anilines is 1. The summed E-state index contributed by atoms with van der Waals surface area (Å²) in [5.41, 5.74) is 3.62. The zero-order chi connectivity index (χ0) is 18.1. The van der Waals surface area contributed by atoms with E-state index in [0.717, 1.165) is 30.2 Å². The molecule has 0 unspecified atom stereocenters. The van der Waals surface area contributed by atoms with Crippen LogP contribution in [-0.2, 0) is 0 Å². The highest BCUT2D eigenvalue weighted by Gasteiger charge is 2.26. The SMILES string of the molecule is Cc1cc(N2CCN(C(=O)c3cn[nH]c3-n3cnnn3)CC2)cc(C)n1. The number of nitrogens with one attached hydrogen (secondary N) is 1. The Morgan fingerprint density at radius 3 is 2.50 bits per heavy atom. The van der Waals surface area contributed by atoms with Crippen LogP contribution in [0.2, 0.25) is 0 Å². The smallest absolute Gasteiger partial charge is 0.259 e. The molecule has 1 amide bonds. The summed E-state index contributed by atoms with van der Waals surface area (Å²) in [5, 5.41) is 17.8. The number of carbonyl (C=O) groups excluding carboxylic acids is 1. The zero-order valence-corrected chi connectivity index (χ0v) is 14.6. The van der Waals surface area contributed by atoms with Crippen molar-refractivity contribution in [1.29, 1.82) is 0 Å². The molecule has 1 N–H and O–H groups in total. The summed E-state index contributed by atoms with van der Waals surface area (Å²) < 4.78 is 1.40. The van der Waals surface area contributed by atoms with Gasteiger partial charge in [-0.05, 0) is 36.4 Å². The first-order valence-electron chi connectivity index (χ1n) is 8.38. The predicted molar refractivity (Wildman–Crippen MR) is 93.1 cm³/mol. The topological polar surface area (TPSA) is 109 Å². The van der Waals surface area contributed by atoms with E-state index in [2.05, 4.69) is 47.7 Å². The third-order valence-electron chi connectivity index (χ3n) is 4.43. The molecular weight excluding hydrogens is 334 g/mol. The number of aromatic nitrogens is 7. The Hall–Kier alpha value is -3.30. The van der Waals surface area contributed by atoms with Gasteiger partial charge in [0.15, 0.2) is 5.82 Å². The number of H-pyrrole nitrogens is 1. The Morgan fingerprint density at radius 2 is 1.85 bits per heavy atom. The van der Waals surface area contributed by atoms with E-state index in [9.17, 15) is 4.79 Å². The highest BCUT2D eigenvalue weighted by molar-refractivity contribution is 5.97. The molecule has 1 saturated heterocycles. The average molecular weight is 353 g/mol. The number of hydrogen-bond acceptors (Lipinski definition) is 7. The van der Waals surface area contributed by atoms with Crippen LogP contribution in [0.25, 0.3) is 5.82 Å². The van der Waals surface area contributed by atoms with Crippen LogP contribution >= 0.6 is 0 Å². The second-order valence-corrected chi connectivity index (χ2v) is 6.27. The van der Waals surface area contributed by atoms with Crippen LogP contribution in [0, 0.1) is 13.8 Å². The molecule has 134 valence electrons. The van der Waals surface area contributed by atoms with Gasteiger partial charge in [0.1, 0.15) is 11.9 Å². The van der Waals surface area contributed by atoms with Crippen LogP contribution < -0.4 is 4.90 Å². The molecule has 3 aromatic heterocycles. The Labute approximate surface area is 149 Å². The largest absolute Gasteiger partial charge is 0.368 e. The molecule has 0 bridgehead atoms. The molecule has 1 aliphatic heterocycles. The van der Waals surface area contributed by atoms with Crippen LogP contribution in [0.5, 0.6) is 0 Å². The van der Waals surface area contributed by atoms with Gasteiger partial charge in [-0.3, -0.25) is 14.9 Å². The number of tetrazole rings is 1. The van der Waals surface area contributed by atoms with E-state index < -0.39 is 0 Å². The number of rotatable bonds is 3. The van der Waals surface area contributed by atoms with Crippen molar-refractivity contribution >= 4 is 11.6 Å². The maximum atomic E-state index is 12.9. The molecule has 0 aliphatic carbocycles. The lowest BCUT2D eigenvalue weighted by Gasteiger charge is -2.36. The predicted octanol–water partition coefficient (Wildman–Crippen LogP) is 0.360. The Balaban J connectivity index is 1.47. The van der Waals surface area contributed by atoms with Gasteiger partial charge in [-0.15, -0.1) is 5.10 Å². The van der Waals surface area contributed by atoms with Crippen molar-refractivity contribution in [2.24, 2.45) is 0 Å². The van der Waals surface area contributed by atoms with Gasteiger partial charge in [-0.2, -0.15) is 9.78 Å². The average Bonchev–Trinajstić information content (AvgIpc) is 3.31. The van der Waals surface area contributed by atoms with Crippen molar-refractivity contribution in [2.45, 2.75) is 13.8 Å². The summed E-state index contributed by atoms with van der Waals surface area (Å²) in [6.07, 6.45) is 2.94. The van der Waals surface area contributed by atoms with E-state index in [1.807, 2.05) is 18.7 Å². The molecule has 4 rings (SSSR count). The first-order chi connectivity index (χ1) is 12.6. The van der Waals surface area contributed by atoms with Crippen molar-refractivity contribution in [3.05, 3.63) is 41.6 Å². The van der Waals surface area contributed by atoms with Gasteiger partial charge in [0.2, 0.25) is 0 Å². The molecule has 3 aromatic rings. The van der Waals surface area contributed by atoms with Gasteiger partial charge >= 0.3 is 0 Å². The lowest BCUT2D eigenvalue weighted by molar-refractivity contribution is 0.0746. The van der Waals surface area contributed by atoms with E-state index in [0.29, 0.717) is 24.5 Å². The Morgan fingerprint density at radius 1 is 1.12 bits per heavy atom. The zero-order valence-electron chi connectivity index (χ0n) is 14.6. The highest BCUT2D eigenvalue weighted by Crippen LogP contribution is 2.20. The Bertz CT molecular complexity index is 889. The van der Waals surface area contributed by atoms with Crippen molar-refractivity contribution < 1.29 is 4.79 Å². The minimum Gasteiger partial charge on any atom is -0.368 e. The van der Waals surface area contributed by atoms with Crippen LogP contribution in [0.15, 0.2) is 24.7 Å². The number of carbonyl (C=O) groups is 1. The first kappa shape index (κ1) is 16.2. The van der Waals surface area contributed by atoms with Gasteiger partial charge in [0.05, 0.1) is 6.20 Å². The number of aromatic amines is 1. The lowest BCUT2D eigenvalue weighted by Crippen LogP contribution is -2.49. The summed E-state index contributed by atoms with van der Waals surface area (Å²) in [6.45, 7) is 6.81. The Kier molecular flexibility index (Phi) is 4.07. The standard InChI is InChI=1S/C16H19N9O/c1-11-7-13(8-12(2)19-11)23-3-5-24(6-4-23)16(26)14-9-17-20-15(14)25-10-18-21-22-25/h7-10H,3-6H2,1-2H3,(H,17,20). The lowest BCUT2D eigenvalue weighted by atomic mass is 10.2. The summed E-state index contributed by atoms with van der Waals surface area (Å²) >= 11 is 0. The van der Waals surface area contributed by atoms with E-state index in [4.69, 9.17) is 0 Å². The van der Waals surface area contributed by atoms with Gasteiger partial charge in [-0.25, -0.2) is 0 Å². The van der Waals surface area contributed by atoms with Crippen molar-refractivity contribution in [1.82, 2.24) is 40.3 Å². The molecule has 10 nitrogen and oxygen atoms in total. The van der Waals surface area contributed by atoms with Gasteiger partial charge < -0.3 is 9.80 Å². The fourth-order valence-corrected chi connectivity index (χ4v) is 3.21. The third-order valence-corrected chi connectivity index (χ3v) is 4.43. The fraction of sp³-hybridized carbons (Fsp3) is 0.375. The van der Waals surface area contributed by atoms with Crippen LogP contribution in [-0.4, -0.2) is 72.4 Å². The minimum atomic E-state index is -0.0778. The number of amides is 1. The fourth-order valence-electron chi connectivity index (χ4n) is 3.21. The van der Waals surface area contributed by atoms with Crippen molar-refractivity contribution in [2.75, 3.05) is 31.1 Å². The number of aryl methyl sites for hydroxylation is 2. The maximum Gasteiger partial charge on any atom is 0.259 e. The molecule has 10 heteroatoms. The van der Waals surface area contributed by atoms with Crippen LogP contribution in [0.3, 0.4) is 0 Å². The van der Waals surface area contributed by atoms with Crippen LogP contribution in [0.1, 0.15) is 21.7 Å². The first-order valence-corrected chi connectivity index (χ1v) is 8.38. The van der Waals surface area contributed by atoms with E-state index in [1.54, 1.807) is 0 Å². The normalized spacial score (nSPS) is 14.7. The molecule has 0 radical (unpaired) electrons. The quantitative estimate of drug-likeness (QED) is 0.724. The summed E-state index contributed by atoms with van der Waals surface area (Å²) in [5.74, 6) is 0.397. The number of nitrogens with zero attached hydrogens (tertiary/aromatic N) is 8. The van der Waals surface area contributed by atoms with Gasteiger partial charge in [0.25, 0.3) is 5.91 Å². The number of hydrogen-bond donors (Lipinski definition) is 1. The molecule has 0 saturated carbocycles. The summed E-state index contributed by atoms with van der Waals surface area (Å²) in [6, 6.07) is 4.16. The second-order valence-electron chi connectivity index (χ2n) is 6.27. The van der Waals surface area contributed by atoms with E-state index in [1.165, 1.54) is 17.2 Å². The van der Waals surface area contributed by atoms with Gasteiger partial charge in [-0.1, -0.05) is 0 Å². The molecule has 26 heavy (non-hydrogen) atoms.